The molecule has 1 aromatic heterocycles. The topological polar surface area (TPSA) is 66.2 Å². The van der Waals surface area contributed by atoms with Crippen LogP contribution in [0.3, 0.4) is 0 Å². The quantitative estimate of drug-likeness (QED) is 0.418. The van der Waals surface area contributed by atoms with Crippen molar-refractivity contribution in [1.82, 2.24) is 14.9 Å². The van der Waals surface area contributed by atoms with Crippen LogP contribution in [0.1, 0.15) is 69.6 Å². The lowest BCUT2D eigenvalue weighted by Gasteiger charge is -2.27. The number of nitrogens with zero attached hydrogens (tertiary/aromatic N) is 3. The summed E-state index contributed by atoms with van der Waals surface area (Å²) in [5.74, 6) is 1.10. The van der Waals surface area contributed by atoms with Crippen molar-refractivity contribution in [2.45, 2.75) is 58.8 Å². The van der Waals surface area contributed by atoms with E-state index < -0.39 is 0 Å². The van der Waals surface area contributed by atoms with Gasteiger partial charge in [0, 0.05) is 17.5 Å². The van der Waals surface area contributed by atoms with Gasteiger partial charge in [-0.2, -0.15) is 14.9 Å². The maximum atomic E-state index is 10.9. The number of aromatic nitrogens is 3. The van der Waals surface area contributed by atoms with Crippen molar-refractivity contribution in [3.8, 4) is 5.75 Å². The lowest BCUT2D eigenvalue weighted by molar-refractivity contribution is 0.423. The van der Waals surface area contributed by atoms with Crippen LogP contribution in [0, 0.1) is 4.77 Å². The van der Waals surface area contributed by atoms with E-state index in [4.69, 9.17) is 12.2 Å². The minimum Gasteiger partial charge on any atom is -0.507 e. The van der Waals surface area contributed by atoms with E-state index in [1.807, 2.05) is 30.3 Å². The summed E-state index contributed by atoms with van der Waals surface area (Å²) in [6, 6.07) is 14.1. The van der Waals surface area contributed by atoms with Crippen molar-refractivity contribution in [1.29, 1.82) is 0 Å². The van der Waals surface area contributed by atoms with Gasteiger partial charge in [-0.25, -0.2) is 0 Å². The number of hydrogen-bond donors (Lipinski definition) is 2. The summed E-state index contributed by atoms with van der Waals surface area (Å²) >= 11 is 5.39. The number of rotatable bonds is 4. The van der Waals surface area contributed by atoms with Gasteiger partial charge in [0.1, 0.15) is 5.75 Å². The first-order valence-electron chi connectivity index (χ1n) is 10.1. The Morgan fingerprint density at radius 1 is 1.03 bits per heavy atom. The highest BCUT2D eigenvalue weighted by Crippen LogP contribution is 2.39. The third kappa shape index (κ3) is 4.87. The Balaban J connectivity index is 2.03. The molecule has 0 aliphatic rings. The predicted octanol–water partition coefficient (Wildman–Crippen LogP) is 5.71. The van der Waals surface area contributed by atoms with E-state index in [-0.39, 0.29) is 10.8 Å². The van der Waals surface area contributed by atoms with Gasteiger partial charge in [-0.05, 0) is 46.3 Å². The van der Waals surface area contributed by atoms with Crippen LogP contribution in [0.25, 0.3) is 0 Å². The molecular weight excluding hydrogens is 392 g/mol. The van der Waals surface area contributed by atoms with Gasteiger partial charge in [0.15, 0.2) is 5.82 Å². The first-order chi connectivity index (χ1) is 14.0. The van der Waals surface area contributed by atoms with Crippen molar-refractivity contribution in [2.75, 3.05) is 0 Å². The van der Waals surface area contributed by atoms with Gasteiger partial charge < -0.3 is 5.11 Å². The zero-order valence-corrected chi connectivity index (χ0v) is 19.3. The molecule has 0 saturated heterocycles. The molecule has 0 radical (unpaired) electrons. The highest BCUT2D eigenvalue weighted by atomic mass is 32.1. The number of hydrogen-bond acceptors (Lipinski definition) is 4. The number of aromatic hydroxyl groups is 1. The van der Waals surface area contributed by atoms with Crippen LogP contribution in [-0.4, -0.2) is 26.2 Å². The Hall–Kier alpha value is -2.73. The zero-order chi connectivity index (χ0) is 22.1. The Morgan fingerprint density at radius 2 is 1.60 bits per heavy atom. The molecule has 158 valence electrons. The minimum atomic E-state index is -0.196. The van der Waals surface area contributed by atoms with Gasteiger partial charge in [-0.3, -0.25) is 5.10 Å². The Kier molecular flexibility index (Phi) is 5.99. The van der Waals surface area contributed by atoms with Gasteiger partial charge >= 0.3 is 0 Å². The number of H-pyrrole nitrogens is 1. The summed E-state index contributed by atoms with van der Waals surface area (Å²) < 4.78 is 2.10. The fourth-order valence-electron chi connectivity index (χ4n) is 3.34. The molecule has 0 saturated carbocycles. The SMILES string of the molecule is CC(C)(C)c1cc(/C=N\n2c(Cc3ccccc3)n[nH]c2=S)cc(C(C)(C)C)c1O. The molecule has 0 aliphatic carbocycles. The normalized spacial score (nSPS) is 12.6. The summed E-state index contributed by atoms with van der Waals surface area (Å²) in [5.41, 5.74) is 3.46. The van der Waals surface area contributed by atoms with Crippen LogP contribution in [-0.2, 0) is 17.3 Å². The van der Waals surface area contributed by atoms with E-state index in [2.05, 4.69) is 69.0 Å². The average molecular weight is 423 g/mol. The third-order valence-corrected chi connectivity index (χ3v) is 5.26. The minimum absolute atomic E-state index is 0.196. The van der Waals surface area contributed by atoms with Crippen molar-refractivity contribution in [2.24, 2.45) is 5.10 Å². The van der Waals surface area contributed by atoms with Crippen molar-refractivity contribution in [3.05, 3.63) is 75.3 Å². The molecule has 5 nitrogen and oxygen atoms in total. The molecule has 30 heavy (non-hydrogen) atoms. The van der Waals surface area contributed by atoms with Crippen LogP contribution in [0.4, 0.5) is 0 Å². The molecule has 0 bridgehead atoms. The molecule has 0 unspecified atom stereocenters. The summed E-state index contributed by atoms with van der Waals surface area (Å²) in [6.07, 6.45) is 2.41. The summed E-state index contributed by atoms with van der Waals surface area (Å²) in [6.45, 7) is 12.6. The average Bonchev–Trinajstić information content (AvgIpc) is 2.99. The van der Waals surface area contributed by atoms with Crippen LogP contribution in [0.5, 0.6) is 5.75 Å². The monoisotopic (exact) mass is 422 g/mol. The van der Waals surface area contributed by atoms with Crippen LogP contribution >= 0.6 is 12.2 Å². The second-order valence-corrected chi connectivity index (χ2v) is 10.0. The molecule has 0 fully saturated rings. The highest BCUT2D eigenvalue weighted by Gasteiger charge is 2.26. The van der Waals surface area contributed by atoms with E-state index in [9.17, 15) is 5.11 Å². The van der Waals surface area contributed by atoms with E-state index in [1.54, 1.807) is 10.9 Å². The lowest BCUT2D eigenvalue weighted by Crippen LogP contribution is -2.18. The zero-order valence-electron chi connectivity index (χ0n) is 18.5. The van der Waals surface area contributed by atoms with E-state index in [1.165, 1.54) is 0 Å². The number of aromatic amines is 1. The fourth-order valence-corrected chi connectivity index (χ4v) is 3.53. The van der Waals surface area contributed by atoms with Crippen LogP contribution in [0.2, 0.25) is 0 Å². The van der Waals surface area contributed by atoms with E-state index in [0.29, 0.717) is 16.9 Å². The smallest absolute Gasteiger partial charge is 0.216 e. The largest absolute Gasteiger partial charge is 0.507 e. The molecule has 1 heterocycles. The first-order valence-corrected chi connectivity index (χ1v) is 10.5. The Labute approximate surface area is 183 Å². The molecule has 2 aromatic carbocycles. The van der Waals surface area contributed by atoms with Crippen molar-refractivity contribution >= 4 is 18.4 Å². The molecule has 0 amide bonds. The van der Waals surface area contributed by atoms with Crippen LogP contribution < -0.4 is 0 Å². The molecule has 0 aliphatic heterocycles. The van der Waals surface area contributed by atoms with E-state index in [0.717, 1.165) is 28.1 Å². The third-order valence-electron chi connectivity index (χ3n) is 4.99. The van der Waals surface area contributed by atoms with Gasteiger partial charge in [0.25, 0.3) is 0 Å². The molecule has 3 aromatic rings. The summed E-state index contributed by atoms with van der Waals surface area (Å²) in [7, 11) is 0. The number of nitrogens with one attached hydrogen (secondary N) is 1. The molecule has 0 spiro atoms. The first kappa shape index (κ1) is 22.0. The lowest BCUT2D eigenvalue weighted by atomic mass is 9.78. The number of phenolic OH excluding ortho intramolecular Hbond substituents is 1. The van der Waals surface area contributed by atoms with Gasteiger partial charge in [0.05, 0.1) is 6.21 Å². The second-order valence-electron chi connectivity index (χ2n) is 9.63. The van der Waals surface area contributed by atoms with Crippen LogP contribution in [0.15, 0.2) is 47.6 Å². The van der Waals surface area contributed by atoms with Gasteiger partial charge in [0.2, 0.25) is 4.77 Å². The maximum absolute atomic E-state index is 10.9. The molecular formula is C24H30N4OS. The van der Waals surface area contributed by atoms with E-state index >= 15 is 0 Å². The molecule has 2 N–H and O–H groups in total. The summed E-state index contributed by atoms with van der Waals surface area (Å²) in [4.78, 5) is 0. The Bertz CT molecular complexity index is 1080. The van der Waals surface area contributed by atoms with Gasteiger partial charge in [-0.1, -0.05) is 71.9 Å². The number of phenols is 1. The van der Waals surface area contributed by atoms with Crippen molar-refractivity contribution < 1.29 is 5.11 Å². The molecule has 3 rings (SSSR count). The standard InChI is InChI=1S/C24H30N4OS/c1-23(2,3)18-12-17(13-19(21(18)29)24(4,5)6)15-25-28-20(26-27-22(28)30)14-16-10-8-7-9-11-16/h7-13,15,29H,14H2,1-6H3,(H,27,30)/b25-15-. The second kappa shape index (κ2) is 8.19. The number of benzene rings is 2. The van der Waals surface area contributed by atoms with Crippen molar-refractivity contribution in [3.63, 3.8) is 0 Å². The summed E-state index contributed by atoms with van der Waals surface area (Å²) in [5, 5.41) is 22.7. The highest BCUT2D eigenvalue weighted by molar-refractivity contribution is 7.71. The molecule has 0 atom stereocenters. The Morgan fingerprint density at radius 3 is 2.13 bits per heavy atom. The predicted molar refractivity (Wildman–Crippen MR) is 125 cm³/mol. The molecule has 6 heteroatoms. The fraction of sp³-hybridized carbons (Fsp3) is 0.375. The van der Waals surface area contributed by atoms with Gasteiger partial charge in [-0.15, -0.1) is 0 Å². The maximum Gasteiger partial charge on any atom is 0.216 e.